The minimum atomic E-state index is -4.39. The van der Waals surface area contributed by atoms with Gasteiger partial charge in [0.25, 0.3) is 0 Å². The Labute approximate surface area is 431 Å². The number of esters is 2. The third-order valence-electron chi connectivity index (χ3n) is 12.7. The first-order chi connectivity index (χ1) is 34.3. The normalized spacial score (nSPS) is 13.5. The standard InChI is InChI=1S/C60H110NO8P/c1-3-5-7-9-11-13-15-17-19-21-23-25-26-27-28-29-30-31-33-34-36-38-40-42-44-46-48-50-52-59(62)66-56-58(57-68-70(64,65)67-55-54-61)69-60(63)53-51-49-47-45-43-41-39-37-35-32-24-22-20-18-16-14-12-10-8-6-4-2/h6,8,12,14,18,20,24,32,37,39,58H,3-5,7,9-11,13,15-17,19,21-23,25-31,33-36,38,40-57,61H2,1-2H3,(H,64,65)/b8-6-,14-12-,20-18-,32-24-,39-37-. The topological polar surface area (TPSA) is 134 Å². The molecule has 3 N–H and O–H groups in total. The van der Waals surface area contributed by atoms with E-state index in [1.54, 1.807) is 0 Å². The van der Waals surface area contributed by atoms with E-state index in [0.29, 0.717) is 6.42 Å². The van der Waals surface area contributed by atoms with Crippen molar-refractivity contribution in [3.63, 3.8) is 0 Å². The molecule has 0 aromatic heterocycles. The maximum absolute atomic E-state index is 12.7. The number of hydrogen-bond donors (Lipinski definition) is 2. The number of phosphoric acid groups is 1. The van der Waals surface area contributed by atoms with Gasteiger partial charge in [-0.2, -0.15) is 0 Å². The fourth-order valence-corrected chi connectivity index (χ4v) is 9.14. The van der Waals surface area contributed by atoms with Crippen molar-refractivity contribution < 1.29 is 37.6 Å². The van der Waals surface area contributed by atoms with E-state index in [-0.39, 0.29) is 38.6 Å². The molecule has 70 heavy (non-hydrogen) atoms. The fourth-order valence-electron chi connectivity index (χ4n) is 8.37. The molecule has 2 atom stereocenters. The molecule has 0 aromatic carbocycles. The lowest BCUT2D eigenvalue weighted by molar-refractivity contribution is -0.161. The van der Waals surface area contributed by atoms with Crippen LogP contribution in [-0.4, -0.2) is 49.3 Å². The smallest absolute Gasteiger partial charge is 0.462 e. The van der Waals surface area contributed by atoms with E-state index in [1.807, 2.05) is 0 Å². The summed E-state index contributed by atoms with van der Waals surface area (Å²) >= 11 is 0. The molecule has 0 rings (SSSR count). The van der Waals surface area contributed by atoms with Crippen LogP contribution >= 0.6 is 7.82 Å². The van der Waals surface area contributed by atoms with Crippen molar-refractivity contribution in [3.8, 4) is 0 Å². The number of rotatable bonds is 55. The maximum Gasteiger partial charge on any atom is 0.472 e. The Morgan fingerprint density at radius 2 is 0.786 bits per heavy atom. The van der Waals surface area contributed by atoms with Gasteiger partial charge in [0.15, 0.2) is 6.10 Å². The Morgan fingerprint density at radius 1 is 0.443 bits per heavy atom. The van der Waals surface area contributed by atoms with Crippen LogP contribution in [0, 0.1) is 0 Å². The average molecular weight is 1000 g/mol. The van der Waals surface area contributed by atoms with Crippen LogP contribution in [0.2, 0.25) is 0 Å². The van der Waals surface area contributed by atoms with Gasteiger partial charge in [0, 0.05) is 19.4 Å². The van der Waals surface area contributed by atoms with Crippen LogP contribution in [0.3, 0.4) is 0 Å². The Balaban J connectivity index is 3.95. The van der Waals surface area contributed by atoms with Crippen LogP contribution in [0.5, 0.6) is 0 Å². The molecule has 10 heteroatoms. The lowest BCUT2D eigenvalue weighted by atomic mass is 10.0. The second-order valence-corrected chi connectivity index (χ2v) is 20.9. The molecule has 0 spiro atoms. The van der Waals surface area contributed by atoms with Gasteiger partial charge in [0.1, 0.15) is 6.61 Å². The summed E-state index contributed by atoms with van der Waals surface area (Å²) in [6.07, 6.45) is 70.0. The third kappa shape index (κ3) is 55.0. The van der Waals surface area contributed by atoms with Gasteiger partial charge in [-0.15, -0.1) is 0 Å². The molecule has 408 valence electrons. The number of nitrogens with two attached hydrogens (primary N) is 1. The molecule has 0 aliphatic carbocycles. The Kier molecular flexibility index (Phi) is 54.2. The third-order valence-corrected chi connectivity index (χ3v) is 13.7. The van der Waals surface area contributed by atoms with E-state index in [2.05, 4.69) is 74.6 Å². The van der Waals surface area contributed by atoms with Crippen molar-refractivity contribution in [2.24, 2.45) is 5.73 Å². The van der Waals surface area contributed by atoms with E-state index < -0.39 is 26.5 Å². The Bertz CT molecular complexity index is 1330. The number of allylic oxidation sites excluding steroid dienone is 10. The summed E-state index contributed by atoms with van der Waals surface area (Å²) in [5.74, 6) is -0.841. The minimum absolute atomic E-state index is 0.0486. The van der Waals surface area contributed by atoms with E-state index in [0.717, 1.165) is 83.5 Å². The van der Waals surface area contributed by atoms with Gasteiger partial charge < -0.3 is 20.1 Å². The van der Waals surface area contributed by atoms with Gasteiger partial charge in [-0.3, -0.25) is 18.6 Å². The lowest BCUT2D eigenvalue weighted by Crippen LogP contribution is -2.29. The highest BCUT2D eigenvalue weighted by Crippen LogP contribution is 2.43. The number of phosphoric ester groups is 1. The fraction of sp³-hybridized carbons (Fsp3) is 0.800. The highest BCUT2D eigenvalue weighted by molar-refractivity contribution is 7.47. The number of carbonyl (C=O) groups is 2. The molecule has 0 aliphatic rings. The molecular weight excluding hydrogens is 894 g/mol. The number of carbonyl (C=O) groups excluding carboxylic acids is 2. The molecule has 0 bridgehead atoms. The zero-order chi connectivity index (χ0) is 51.0. The van der Waals surface area contributed by atoms with Gasteiger partial charge >= 0.3 is 19.8 Å². The van der Waals surface area contributed by atoms with Crippen molar-refractivity contribution >= 4 is 19.8 Å². The summed E-state index contributed by atoms with van der Waals surface area (Å²) in [6.45, 7) is 3.64. The number of hydrogen-bond acceptors (Lipinski definition) is 8. The average Bonchev–Trinajstić information content (AvgIpc) is 3.35. The van der Waals surface area contributed by atoms with Gasteiger partial charge in [-0.05, 0) is 57.8 Å². The largest absolute Gasteiger partial charge is 0.472 e. The molecule has 0 fully saturated rings. The molecule has 0 saturated carbocycles. The first-order valence-corrected chi connectivity index (χ1v) is 30.8. The molecule has 0 amide bonds. The number of unbranched alkanes of at least 4 members (excludes halogenated alkanes) is 32. The van der Waals surface area contributed by atoms with Crippen molar-refractivity contribution in [1.82, 2.24) is 0 Å². The first kappa shape index (κ1) is 67.7. The zero-order valence-corrected chi connectivity index (χ0v) is 46.4. The highest BCUT2D eigenvalue weighted by Gasteiger charge is 2.26. The van der Waals surface area contributed by atoms with Gasteiger partial charge in [-0.25, -0.2) is 4.57 Å². The van der Waals surface area contributed by atoms with Gasteiger partial charge in [0.05, 0.1) is 13.2 Å². The molecule has 0 radical (unpaired) electrons. The summed E-state index contributed by atoms with van der Waals surface area (Å²) in [5, 5.41) is 0. The SMILES string of the molecule is CC/C=C\C/C=C\C/C=C\C/C=C\C/C=C\CCCCCCCC(=O)OC(COC(=O)CCCCCCCCCCCCCCCCCCCCCCCCCCCCCC)COP(=O)(O)OCCN. The molecule has 2 unspecified atom stereocenters. The van der Waals surface area contributed by atoms with E-state index in [1.165, 1.54) is 161 Å². The summed E-state index contributed by atoms with van der Waals surface area (Å²) in [7, 11) is -4.39. The molecule has 0 aliphatic heterocycles. The Hall–Kier alpha value is -2.29. The molecule has 0 aromatic rings. The molecule has 0 saturated heterocycles. The minimum Gasteiger partial charge on any atom is -0.462 e. The highest BCUT2D eigenvalue weighted by atomic mass is 31.2. The van der Waals surface area contributed by atoms with Crippen LogP contribution in [0.4, 0.5) is 0 Å². The second-order valence-electron chi connectivity index (χ2n) is 19.5. The van der Waals surface area contributed by atoms with Crippen LogP contribution in [0.1, 0.15) is 277 Å². The van der Waals surface area contributed by atoms with Gasteiger partial charge in [-0.1, -0.05) is 267 Å². The van der Waals surface area contributed by atoms with Gasteiger partial charge in [0.2, 0.25) is 0 Å². The van der Waals surface area contributed by atoms with E-state index in [9.17, 15) is 19.0 Å². The monoisotopic (exact) mass is 1000 g/mol. The van der Waals surface area contributed by atoms with Crippen LogP contribution in [-0.2, 0) is 32.7 Å². The predicted octanol–water partition coefficient (Wildman–Crippen LogP) is 18.3. The molecular formula is C60H110NO8P. The maximum atomic E-state index is 12.7. The van der Waals surface area contributed by atoms with Crippen LogP contribution < -0.4 is 5.73 Å². The molecule has 0 heterocycles. The summed E-state index contributed by atoms with van der Waals surface area (Å²) in [4.78, 5) is 35.2. The summed E-state index contributed by atoms with van der Waals surface area (Å²) < 4.78 is 33.0. The lowest BCUT2D eigenvalue weighted by Gasteiger charge is -2.19. The second kappa shape index (κ2) is 56.0. The predicted molar refractivity (Wildman–Crippen MR) is 298 cm³/mol. The summed E-state index contributed by atoms with van der Waals surface area (Å²) in [5.41, 5.74) is 5.38. The zero-order valence-electron chi connectivity index (χ0n) is 45.5. The number of ether oxygens (including phenoxy) is 2. The first-order valence-electron chi connectivity index (χ1n) is 29.3. The van der Waals surface area contributed by atoms with Crippen LogP contribution in [0.15, 0.2) is 60.8 Å². The van der Waals surface area contributed by atoms with Crippen molar-refractivity contribution in [1.29, 1.82) is 0 Å². The summed E-state index contributed by atoms with van der Waals surface area (Å²) in [6, 6.07) is 0. The van der Waals surface area contributed by atoms with E-state index in [4.69, 9.17) is 24.3 Å². The Morgan fingerprint density at radius 3 is 1.17 bits per heavy atom. The van der Waals surface area contributed by atoms with E-state index >= 15 is 0 Å². The quantitative estimate of drug-likeness (QED) is 0.0264. The van der Waals surface area contributed by atoms with Crippen LogP contribution in [0.25, 0.3) is 0 Å². The van der Waals surface area contributed by atoms with Crippen molar-refractivity contribution in [2.75, 3.05) is 26.4 Å². The van der Waals surface area contributed by atoms with Crippen molar-refractivity contribution in [3.05, 3.63) is 60.8 Å². The molecule has 9 nitrogen and oxygen atoms in total. The van der Waals surface area contributed by atoms with Crippen molar-refractivity contribution in [2.45, 2.75) is 283 Å².